The average molecular weight is 442 g/mol. The standard InChI is InChI=1S/C22H20ClN3O3S/c23-19-4-2-1-3-18(19)20(27)24-22-26(11-14-30-22)15-16-5-7-17(8-6-16)21(28)25-9-12-29-13-10-25/h1-8,11,14H,9-10,12-13,15H2. The number of carbonyl (C=O) groups is 2. The highest BCUT2D eigenvalue weighted by molar-refractivity contribution is 7.07. The Morgan fingerprint density at radius 1 is 1.07 bits per heavy atom. The van der Waals surface area contributed by atoms with Crippen molar-refractivity contribution in [2.75, 3.05) is 26.3 Å². The van der Waals surface area contributed by atoms with Gasteiger partial charge in [0, 0.05) is 36.8 Å². The molecule has 0 N–H and O–H groups in total. The van der Waals surface area contributed by atoms with E-state index in [9.17, 15) is 9.59 Å². The van der Waals surface area contributed by atoms with Crippen molar-refractivity contribution >= 4 is 34.8 Å². The Hall–Kier alpha value is -2.74. The number of hydrogen-bond acceptors (Lipinski definition) is 4. The molecule has 6 nitrogen and oxygen atoms in total. The highest BCUT2D eigenvalue weighted by atomic mass is 35.5. The molecule has 1 aromatic heterocycles. The lowest BCUT2D eigenvalue weighted by Crippen LogP contribution is -2.40. The molecule has 0 saturated carbocycles. The summed E-state index contributed by atoms with van der Waals surface area (Å²) < 4.78 is 7.20. The van der Waals surface area contributed by atoms with Crippen LogP contribution >= 0.6 is 22.9 Å². The summed E-state index contributed by atoms with van der Waals surface area (Å²) in [6.07, 6.45) is 1.89. The van der Waals surface area contributed by atoms with Gasteiger partial charge in [-0.05, 0) is 29.8 Å². The van der Waals surface area contributed by atoms with E-state index in [4.69, 9.17) is 16.3 Å². The summed E-state index contributed by atoms with van der Waals surface area (Å²) in [5.41, 5.74) is 2.05. The predicted octanol–water partition coefficient (Wildman–Crippen LogP) is 3.46. The van der Waals surface area contributed by atoms with Crippen LogP contribution in [0, 0.1) is 0 Å². The van der Waals surface area contributed by atoms with Gasteiger partial charge >= 0.3 is 0 Å². The molecule has 0 spiro atoms. The first-order valence-electron chi connectivity index (χ1n) is 9.55. The fraction of sp³-hybridized carbons (Fsp3) is 0.227. The number of ether oxygens (including phenoxy) is 1. The van der Waals surface area contributed by atoms with E-state index < -0.39 is 0 Å². The minimum atomic E-state index is -0.372. The number of benzene rings is 2. The second-order valence-electron chi connectivity index (χ2n) is 6.81. The van der Waals surface area contributed by atoms with Crippen LogP contribution in [-0.4, -0.2) is 47.6 Å². The molecule has 1 fully saturated rings. The van der Waals surface area contributed by atoms with E-state index in [-0.39, 0.29) is 11.8 Å². The SMILES string of the molecule is O=C(N=c1sccn1Cc1ccc(C(=O)N2CCOCC2)cc1)c1ccccc1Cl. The van der Waals surface area contributed by atoms with Crippen LogP contribution in [0.1, 0.15) is 26.3 Å². The molecule has 0 radical (unpaired) electrons. The Morgan fingerprint density at radius 3 is 2.53 bits per heavy atom. The van der Waals surface area contributed by atoms with E-state index in [0.717, 1.165) is 5.56 Å². The van der Waals surface area contributed by atoms with E-state index in [1.165, 1.54) is 11.3 Å². The number of aromatic nitrogens is 1. The Morgan fingerprint density at radius 2 is 1.80 bits per heavy atom. The fourth-order valence-electron chi connectivity index (χ4n) is 3.19. The van der Waals surface area contributed by atoms with Crippen LogP contribution in [0.5, 0.6) is 0 Å². The first-order valence-corrected chi connectivity index (χ1v) is 10.8. The van der Waals surface area contributed by atoms with E-state index in [2.05, 4.69) is 4.99 Å². The number of amides is 2. The van der Waals surface area contributed by atoms with E-state index >= 15 is 0 Å². The van der Waals surface area contributed by atoms with Gasteiger partial charge in [-0.1, -0.05) is 35.9 Å². The molecule has 1 saturated heterocycles. The van der Waals surface area contributed by atoms with Gasteiger partial charge in [-0.15, -0.1) is 11.3 Å². The molecule has 30 heavy (non-hydrogen) atoms. The van der Waals surface area contributed by atoms with Crippen molar-refractivity contribution in [3.8, 4) is 0 Å². The van der Waals surface area contributed by atoms with Crippen LogP contribution in [0.4, 0.5) is 0 Å². The lowest BCUT2D eigenvalue weighted by atomic mass is 10.1. The first-order chi connectivity index (χ1) is 14.6. The van der Waals surface area contributed by atoms with Crippen LogP contribution in [0.3, 0.4) is 0 Å². The summed E-state index contributed by atoms with van der Waals surface area (Å²) in [5, 5.41) is 2.27. The molecule has 1 aliphatic rings. The molecule has 1 aliphatic heterocycles. The maximum Gasteiger partial charge on any atom is 0.281 e. The molecule has 8 heteroatoms. The lowest BCUT2D eigenvalue weighted by molar-refractivity contribution is 0.0303. The average Bonchev–Trinajstić information content (AvgIpc) is 3.21. The zero-order valence-corrected chi connectivity index (χ0v) is 17.7. The van der Waals surface area contributed by atoms with Crippen molar-refractivity contribution in [3.63, 3.8) is 0 Å². The number of morpholine rings is 1. The molecule has 0 atom stereocenters. The monoisotopic (exact) mass is 441 g/mol. The van der Waals surface area contributed by atoms with Gasteiger partial charge in [0.15, 0.2) is 4.80 Å². The number of rotatable bonds is 4. The van der Waals surface area contributed by atoms with E-state index in [1.807, 2.05) is 45.3 Å². The highest BCUT2D eigenvalue weighted by Crippen LogP contribution is 2.16. The van der Waals surface area contributed by atoms with Crippen LogP contribution in [0.15, 0.2) is 65.1 Å². The normalized spacial score (nSPS) is 14.7. The Labute approximate surface area is 183 Å². The topological polar surface area (TPSA) is 63.9 Å². The van der Waals surface area contributed by atoms with Gasteiger partial charge < -0.3 is 14.2 Å². The maximum absolute atomic E-state index is 12.6. The van der Waals surface area contributed by atoms with Crippen molar-refractivity contribution in [1.29, 1.82) is 0 Å². The van der Waals surface area contributed by atoms with E-state index in [1.54, 1.807) is 24.3 Å². The summed E-state index contributed by atoms with van der Waals surface area (Å²) in [5.74, 6) is -0.350. The molecule has 2 amide bonds. The molecular weight excluding hydrogens is 422 g/mol. The Bertz CT molecular complexity index is 1110. The third-order valence-corrected chi connectivity index (χ3v) is 5.94. The number of hydrogen-bond donors (Lipinski definition) is 0. The van der Waals surface area contributed by atoms with Crippen molar-refractivity contribution in [2.24, 2.45) is 4.99 Å². The lowest BCUT2D eigenvalue weighted by Gasteiger charge is -2.26. The van der Waals surface area contributed by atoms with Gasteiger partial charge in [0.2, 0.25) is 0 Å². The zero-order chi connectivity index (χ0) is 20.9. The third kappa shape index (κ3) is 4.70. The molecule has 0 aliphatic carbocycles. The smallest absolute Gasteiger partial charge is 0.281 e. The molecule has 2 aromatic carbocycles. The van der Waals surface area contributed by atoms with E-state index in [0.29, 0.717) is 53.8 Å². The molecule has 0 unspecified atom stereocenters. The van der Waals surface area contributed by atoms with Crippen LogP contribution in [0.25, 0.3) is 0 Å². The molecule has 2 heterocycles. The van der Waals surface area contributed by atoms with Gasteiger partial charge in [0.25, 0.3) is 11.8 Å². The van der Waals surface area contributed by atoms with Gasteiger partial charge in [0.1, 0.15) is 0 Å². The first kappa shape index (κ1) is 20.5. The fourth-order valence-corrected chi connectivity index (χ4v) is 4.13. The minimum Gasteiger partial charge on any atom is -0.378 e. The molecule has 3 aromatic rings. The Kier molecular flexibility index (Phi) is 6.42. The van der Waals surface area contributed by atoms with Gasteiger partial charge in [0.05, 0.1) is 23.8 Å². The van der Waals surface area contributed by atoms with Gasteiger partial charge in [-0.3, -0.25) is 9.59 Å². The zero-order valence-electron chi connectivity index (χ0n) is 16.2. The quantitative estimate of drug-likeness (QED) is 0.622. The summed E-state index contributed by atoms with van der Waals surface area (Å²) in [6.45, 7) is 2.95. The number of thiazole rings is 1. The number of carbonyl (C=O) groups excluding carboxylic acids is 2. The largest absolute Gasteiger partial charge is 0.378 e. The second kappa shape index (κ2) is 9.38. The number of nitrogens with zero attached hydrogens (tertiary/aromatic N) is 3. The van der Waals surface area contributed by atoms with Gasteiger partial charge in [-0.2, -0.15) is 4.99 Å². The molecule has 0 bridgehead atoms. The summed E-state index contributed by atoms with van der Waals surface area (Å²) in [7, 11) is 0. The molecule has 4 rings (SSSR count). The van der Waals surface area contributed by atoms with Crippen molar-refractivity contribution in [2.45, 2.75) is 6.54 Å². The van der Waals surface area contributed by atoms with Crippen LogP contribution < -0.4 is 4.80 Å². The summed E-state index contributed by atoms with van der Waals surface area (Å²) in [6, 6.07) is 14.4. The van der Waals surface area contributed by atoms with Crippen molar-refractivity contribution < 1.29 is 14.3 Å². The number of halogens is 1. The summed E-state index contributed by atoms with van der Waals surface area (Å²) >= 11 is 7.49. The van der Waals surface area contributed by atoms with Crippen molar-refractivity contribution in [3.05, 3.63) is 86.6 Å². The second-order valence-corrected chi connectivity index (χ2v) is 8.09. The molecule has 154 valence electrons. The maximum atomic E-state index is 12.6. The molecular formula is C22H20ClN3O3S. The summed E-state index contributed by atoms with van der Waals surface area (Å²) in [4.78, 5) is 31.7. The Balaban J connectivity index is 1.49. The predicted molar refractivity (Wildman–Crippen MR) is 116 cm³/mol. The van der Waals surface area contributed by atoms with Gasteiger partial charge in [-0.25, -0.2) is 0 Å². The third-order valence-electron chi connectivity index (χ3n) is 4.81. The highest BCUT2D eigenvalue weighted by Gasteiger charge is 2.18. The van der Waals surface area contributed by atoms with Crippen LogP contribution in [0.2, 0.25) is 5.02 Å². The van der Waals surface area contributed by atoms with Crippen LogP contribution in [-0.2, 0) is 11.3 Å². The minimum absolute atomic E-state index is 0.0223. The van der Waals surface area contributed by atoms with Crippen molar-refractivity contribution in [1.82, 2.24) is 9.47 Å².